The summed E-state index contributed by atoms with van der Waals surface area (Å²) < 4.78 is 12.6. The number of pyridine rings is 1. The molecule has 1 aromatic heterocycles. The molecule has 0 atom stereocenters. The maximum Gasteiger partial charge on any atom is 0.224 e. The van der Waals surface area contributed by atoms with E-state index in [0.29, 0.717) is 12.1 Å². The summed E-state index contributed by atoms with van der Waals surface area (Å²) in [7, 11) is 0. The standard InChI is InChI=1S/C15H23FN2O/c1-2-3-4-5-6-7-8-9-15(19)18-13-10-11-14(16)17-12-13/h10-12H,2-9H2,1H3,(H,18,19). The van der Waals surface area contributed by atoms with Crippen molar-refractivity contribution in [3.8, 4) is 0 Å². The Labute approximate surface area is 114 Å². The Hall–Kier alpha value is -1.45. The van der Waals surface area contributed by atoms with Crippen molar-refractivity contribution in [2.75, 3.05) is 5.32 Å². The maximum absolute atomic E-state index is 12.6. The van der Waals surface area contributed by atoms with Crippen LogP contribution in [0.4, 0.5) is 10.1 Å². The van der Waals surface area contributed by atoms with Crippen LogP contribution in [0.2, 0.25) is 0 Å². The molecule has 0 aliphatic rings. The Morgan fingerprint density at radius 2 is 1.84 bits per heavy atom. The Kier molecular flexibility index (Phi) is 7.78. The molecule has 106 valence electrons. The first-order valence-electron chi connectivity index (χ1n) is 7.13. The molecule has 0 radical (unpaired) electrons. The molecule has 0 spiro atoms. The van der Waals surface area contributed by atoms with Gasteiger partial charge in [0.15, 0.2) is 0 Å². The van der Waals surface area contributed by atoms with Crippen molar-refractivity contribution < 1.29 is 9.18 Å². The molecule has 4 heteroatoms. The Balaban J connectivity index is 2.06. The number of amides is 1. The lowest BCUT2D eigenvalue weighted by Crippen LogP contribution is -2.11. The molecule has 0 aliphatic heterocycles. The van der Waals surface area contributed by atoms with Crippen molar-refractivity contribution in [2.45, 2.75) is 58.3 Å². The number of hydrogen-bond acceptors (Lipinski definition) is 2. The van der Waals surface area contributed by atoms with Crippen molar-refractivity contribution in [3.63, 3.8) is 0 Å². The van der Waals surface area contributed by atoms with Crippen LogP contribution in [0.15, 0.2) is 18.3 Å². The molecule has 19 heavy (non-hydrogen) atoms. The summed E-state index contributed by atoms with van der Waals surface area (Å²) in [5.41, 5.74) is 0.550. The van der Waals surface area contributed by atoms with Crippen LogP contribution in [0.25, 0.3) is 0 Å². The molecule has 0 fully saturated rings. The van der Waals surface area contributed by atoms with Crippen LogP contribution in [0.1, 0.15) is 58.3 Å². The second-order valence-corrected chi connectivity index (χ2v) is 4.79. The number of unbranched alkanes of at least 4 members (excludes halogenated alkanes) is 6. The van der Waals surface area contributed by atoms with Crippen LogP contribution in [-0.4, -0.2) is 10.9 Å². The quantitative estimate of drug-likeness (QED) is 0.535. The lowest BCUT2D eigenvalue weighted by atomic mass is 10.1. The lowest BCUT2D eigenvalue weighted by molar-refractivity contribution is -0.116. The summed E-state index contributed by atoms with van der Waals surface area (Å²) in [6.07, 6.45) is 10.2. The van der Waals surface area contributed by atoms with Gasteiger partial charge >= 0.3 is 0 Å². The number of halogens is 1. The third kappa shape index (κ3) is 7.54. The van der Waals surface area contributed by atoms with E-state index in [0.717, 1.165) is 12.8 Å². The van der Waals surface area contributed by atoms with Gasteiger partial charge < -0.3 is 5.32 Å². The normalized spacial score (nSPS) is 10.4. The van der Waals surface area contributed by atoms with E-state index < -0.39 is 5.95 Å². The molecule has 0 unspecified atom stereocenters. The number of nitrogens with zero attached hydrogens (tertiary/aromatic N) is 1. The molecular formula is C15H23FN2O. The summed E-state index contributed by atoms with van der Waals surface area (Å²) in [5.74, 6) is -0.563. The van der Waals surface area contributed by atoms with Crippen molar-refractivity contribution in [1.82, 2.24) is 4.98 Å². The molecule has 1 heterocycles. The van der Waals surface area contributed by atoms with Gasteiger partial charge in [-0.2, -0.15) is 4.39 Å². The van der Waals surface area contributed by atoms with Gasteiger partial charge in [-0.25, -0.2) is 4.98 Å². The predicted octanol–water partition coefficient (Wildman–Crippen LogP) is 4.30. The first-order chi connectivity index (χ1) is 9.22. The zero-order valence-corrected chi connectivity index (χ0v) is 11.6. The second-order valence-electron chi connectivity index (χ2n) is 4.79. The lowest BCUT2D eigenvalue weighted by Gasteiger charge is -2.04. The van der Waals surface area contributed by atoms with E-state index in [4.69, 9.17) is 0 Å². The van der Waals surface area contributed by atoms with Crippen LogP contribution in [0.5, 0.6) is 0 Å². The predicted molar refractivity (Wildman–Crippen MR) is 75.4 cm³/mol. The van der Waals surface area contributed by atoms with Crippen molar-refractivity contribution in [3.05, 3.63) is 24.3 Å². The average molecular weight is 266 g/mol. The third-order valence-electron chi connectivity index (χ3n) is 3.02. The fourth-order valence-corrected chi connectivity index (χ4v) is 1.92. The van der Waals surface area contributed by atoms with Gasteiger partial charge in [-0.05, 0) is 18.6 Å². The molecule has 0 aromatic carbocycles. The minimum absolute atomic E-state index is 0.0260. The molecule has 0 saturated carbocycles. The summed E-state index contributed by atoms with van der Waals surface area (Å²) in [4.78, 5) is 15.1. The number of hydrogen-bond donors (Lipinski definition) is 1. The van der Waals surface area contributed by atoms with Gasteiger partial charge in [0.25, 0.3) is 0 Å². The topological polar surface area (TPSA) is 42.0 Å². The van der Waals surface area contributed by atoms with E-state index in [2.05, 4.69) is 17.2 Å². The molecule has 0 saturated heterocycles. The van der Waals surface area contributed by atoms with Crippen molar-refractivity contribution in [2.24, 2.45) is 0 Å². The highest BCUT2D eigenvalue weighted by Crippen LogP contribution is 2.10. The van der Waals surface area contributed by atoms with E-state index in [1.807, 2.05) is 0 Å². The highest BCUT2D eigenvalue weighted by Gasteiger charge is 2.02. The van der Waals surface area contributed by atoms with Crippen LogP contribution >= 0.6 is 0 Å². The van der Waals surface area contributed by atoms with Crippen molar-refractivity contribution >= 4 is 11.6 Å². The molecule has 1 N–H and O–H groups in total. The monoisotopic (exact) mass is 266 g/mol. The average Bonchev–Trinajstić information content (AvgIpc) is 2.40. The van der Waals surface area contributed by atoms with Gasteiger partial charge in [0.1, 0.15) is 0 Å². The second kappa shape index (κ2) is 9.48. The summed E-state index contributed by atoms with van der Waals surface area (Å²) in [6.45, 7) is 2.20. The van der Waals surface area contributed by atoms with E-state index in [9.17, 15) is 9.18 Å². The first-order valence-corrected chi connectivity index (χ1v) is 7.13. The first kappa shape index (κ1) is 15.6. The number of rotatable bonds is 9. The van der Waals surface area contributed by atoms with Crippen molar-refractivity contribution in [1.29, 1.82) is 0 Å². The van der Waals surface area contributed by atoms with Crippen LogP contribution in [0.3, 0.4) is 0 Å². The molecular weight excluding hydrogens is 243 g/mol. The minimum atomic E-state index is -0.537. The smallest absolute Gasteiger partial charge is 0.224 e. The highest BCUT2D eigenvalue weighted by molar-refractivity contribution is 5.90. The maximum atomic E-state index is 12.6. The van der Waals surface area contributed by atoms with Crippen LogP contribution in [-0.2, 0) is 4.79 Å². The minimum Gasteiger partial charge on any atom is -0.325 e. The number of anilines is 1. The molecule has 0 aliphatic carbocycles. The van der Waals surface area contributed by atoms with E-state index in [-0.39, 0.29) is 5.91 Å². The van der Waals surface area contributed by atoms with Crippen LogP contribution in [0, 0.1) is 5.95 Å². The number of carbonyl (C=O) groups is 1. The number of carbonyl (C=O) groups excluding carboxylic acids is 1. The molecule has 1 rings (SSSR count). The van der Waals surface area contributed by atoms with Gasteiger partial charge in [0, 0.05) is 6.42 Å². The fraction of sp³-hybridized carbons (Fsp3) is 0.600. The molecule has 1 aromatic rings. The molecule has 0 bridgehead atoms. The summed E-state index contributed by atoms with van der Waals surface area (Å²) in [5, 5.41) is 2.71. The van der Waals surface area contributed by atoms with E-state index in [1.54, 1.807) is 0 Å². The zero-order chi connectivity index (χ0) is 13.9. The fourth-order valence-electron chi connectivity index (χ4n) is 1.92. The van der Waals surface area contributed by atoms with E-state index in [1.165, 1.54) is 50.4 Å². The third-order valence-corrected chi connectivity index (χ3v) is 3.02. The summed E-state index contributed by atoms with van der Waals surface area (Å²) >= 11 is 0. The van der Waals surface area contributed by atoms with Gasteiger partial charge in [-0.15, -0.1) is 0 Å². The molecule has 1 amide bonds. The highest BCUT2D eigenvalue weighted by atomic mass is 19.1. The number of aromatic nitrogens is 1. The van der Waals surface area contributed by atoms with Gasteiger partial charge in [-0.1, -0.05) is 45.4 Å². The Bertz CT molecular complexity index is 365. The van der Waals surface area contributed by atoms with E-state index >= 15 is 0 Å². The van der Waals surface area contributed by atoms with Gasteiger partial charge in [-0.3, -0.25) is 4.79 Å². The van der Waals surface area contributed by atoms with Gasteiger partial charge in [0.2, 0.25) is 11.9 Å². The SMILES string of the molecule is CCCCCCCCCC(=O)Nc1ccc(F)nc1. The summed E-state index contributed by atoms with van der Waals surface area (Å²) in [6, 6.07) is 2.76. The zero-order valence-electron chi connectivity index (χ0n) is 11.6. The Morgan fingerprint density at radius 1 is 1.16 bits per heavy atom. The number of nitrogens with one attached hydrogen (secondary N) is 1. The van der Waals surface area contributed by atoms with Crippen LogP contribution < -0.4 is 5.32 Å². The Morgan fingerprint density at radius 3 is 2.47 bits per heavy atom. The molecule has 3 nitrogen and oxygen atoms in total. The largest absolute Gasteiger partial charge is 0.325 e. The van der Waals surface area contributed by atoms with Gasteiger partial charge in [0.05, 0.1) is 11.9 Å².